The summed E-state index contributed by atoms with van der Waals surface area (Å²) < 4.78 is 7.19. The monoisotopic (exact) mass is 577 g/mol. The number of Topliss-reactive ketones (excluding diaryl/α,β-unsaturated/α-hetero) is 2. The molecule has 1 aromatic rings. The molecule has 4 rings (SSSR count). The molecule has 33 heavy (non-hydrogen) atoms. The van der Waals surface area contributed by atoms with E-state index in [0.717, 1.165) is 38.7 Å². The summed E-state index contributed by atoms with van der Waals surface area (Å²) in [6.45, 7) is 4.30. The molecule has 174 valence electrons. The van der Waals surface area contributed by atoms with Crippen LogP contribution in [0.2, 0.25) is 0 Å². The maximum absolute atomic E-state index is 13.3. The fraction of sp³-hybridized carbons (Fsp3) is 0.400. The number of hydrogen-bond acceptors (Lipinski definition) is 5. The Bertz CT molecular complexity index is 1040. The van der Waals surface area contributed by atoms with Crippen LogP contribution in [0.3, 0.4) is 0 Å². The molecular weight excluding hydrogens is 554 g/mol. The van der Waals surface area contributed by atoms with E-state index in [0.29, 0.717) is 49.2 Å². The minimum atomic E-state index is -0.895. The summed E-state index contributed by atoms with van der Waals surface area (Å²) >= 11 is 7.17. The predicted octanol–water partition coefficient (Wildman–Crippen LogP) is 5.66. The van der Waals surface area contributed by atoms with Gasteiger partial charge in [-0.2, -0.15) is 0 Å². The number of halogens is 2. The van der Waals surface area contributed by atoms with Crippen molar-refractivity contribution in [3.05, 3.63) is 61.8 Å². The van der Waals surface area contributed by atoms with Crippen LogP contribution in [0.4, 0.5) is 0 Å². The van der Waals surface area contributed by atoms with E-state index in [1.807, 2.05) is 17.0 Å². The second kappa shape index (κ2) is 9.97. The van der Waals surface area contributed by atoms with E-state index >= 15 is 0 Å². The molecular formula is C25H25Br2NO5. The molecule has 1 N–H and O–H groups in total. The van der Waals surface area contributed by atoms with Crippen molar-refractivity contribution in [2.75, 3.05) is 13.2 Å². The molecule has 0 spiro atoms. The second-order valence-corrected chi connectivity index (χ2v) is 10.1. The fourth-order valence-corrected chi connectivity index (χ4v) is 6.50. The molecule has 0 radical (unpaired) electrons. The summed E-state index contributed by atoms with van der Waals surface area (Å²) in [6.07, 6.45) is 5.33. The first-order valence-corrected chi connectivity index (χ1v) is 12.7. The fourth-order valence-electron chi connectivity index (χ4n) is 5.05. The summed E-state index contributed by atoms with van der Waals surface area (Å²) in [4.78, 5) is 39.8. The van der Waals surface area contributed by atoms with Crippen molar-refractivity contribution >= 4 is 49.4 Å². The van der Waals surface area contributed by atoms with Crippen molar-refractivity contribution in [2.24, 2.45) is 0 Å². The van der Waals surface area contributed by atoms with Crippen molar-refractivity contribution in [3.63, 3.8) is 0 Å². The number of carboxylic acid groups (broad SMARTS) is 1. The Labute approximate surface area is 209 Å². The van der Waals surface area contributed by atoms with Crippen LogP contribution in [0.5, 0.6) is 5.75 Å². The van der Waals surface area contributed by atoms with E-state index in [1.54, 1.807) is 6.08 Å². The lowest BCUT2D eigenvalue weighted by Crippen LogP contribution is -2.39. The van der Waals surface area contributed by atoms with Gasteiger partial charge in [-0.1, -0.05) is 12.7 Å². The summed E-state index contributed by atoms with van der Waals surface area (Å²) in [5.41, 5.74) is 3.87. The van der Waals surface area contributed by atoms with Crippen LogP contribution in [0.25, 0.3) is 0 Å². The number of ketones is 2. The molecule has 0 saturated carbocycles. The quantitative estimate of drug-likeness (QED) is 0.420. The Morgan fingerprint density at radius 3 is 2.09 bits per heavy atom. The van der Waals surface area contributed by atoms with Crippen molar-refractivity contribution in [1.29, 1.82) is 0 Å². The minimum Gasteiger partial charge on any atom is -0.487 e. The van der Waals surface area contributed by atoms with Crippen LogP contribution < -0.4 is 4.74 Å². The SMILES string of the molecule is C=CCOc1c(Br)cc(C2C3=C(CCCC3=O)N(CCC(=O)O)C3=C2C(=O)CCC3)cc1Br. The molecule has 1 heterocycles. The molecule has 0 saturated heterocycles. The van der Waals surface area contributed by atoms with Crippen LogP contribution in [-0.2, 0) is 14.4 Å². The first-order valence-electron chi connectivity index (χ1n) is 11.1. The van der Waals surface area contributed by atoms with Crippen LogP contribution in [0.15, 0.2) is 56.3 Å². The van der Waals surface area contributed by atoms with Gasteiger partial charge in [-0.15, -0.1) is 0 Å². The summed E-state index contributed by atoms with van der Waals surface area (Å²) in [5, 5.41) is 9.30. The van der Waals surface area contributed by atoms with Crippen molar-refractivity contribution in [3.8, 4) is 5.75 Å². The van der Waals surface area contributed by atoms with E-state index in [2.05, 4.69) is 38.4 Å². The number of carbonyl (C=O) groups is 3. The standard InChI is InChI=1S/C25H25Br2NO5/c1-2-11-33-25-15(26)12-14(13-16(25)27)22-23-17(5-3-7-19(23)29)28(10-9-21(31)32)18-6-4-8-20(30)24(18)22/h2,12-13,22H,1,3-11H2,(H,31,32). The van der Waals surface area contributed by atoms with Gasteiger partial charge in [-0.25, -0.2) is 0 Å². The highest BCUT2D eigenvalue weighted by atomic mass is 79.9. The van der Waals surface area contributed by atoms with Gasteiger partial charge in [0.1, 0.15) is 12.4 Å². The Hall–Kier alpha value is -2.19. The van der Waals surface area contributed by atoms with Crippen LogP contribution in [0.1, 0.15) is 56.4 Å². The number of hydrogen-bond donors (Lipinski definition) is 1. The number of aliphatic carboxylic acids is 1. The lowest BCUT2D eigenvalue weighted by molar-refractivity contribution is -0.137. The molecule has 0 unspecified atom stereocenters. The highest BCUT2D eigenvalue weighted by Gasteiger charge is 2.43. The Kier molecular flexibility index (Phi) is 7.24. The normalized spacial score (nSPS) is 18.9. The summed E-state index contributed by atoms with van der Waals surface area (Å²) in [5.74, 6) is -0.659. The molecule has 2 aliphatic carbocycles. The smallest absolute Gasteiger partial charge is 0.305 e. The average Bonchev–Trinajstić information content (AvgIpc) is 2.76. The third kappa shape index (κ3) is 4.60. The van der Waals surface area contributed by atoms with Gasteiger partial charge in [0, 0.05) is 47.8 Å². The Morgan fingerprint density at radius 2 is 1.61 bits per heavy atom. The largest absolute Gasteiger partial charge is 0.487 e. The van der Waals surface area contributed by atoms with Gasteiger partial charge in [0.15, 0.2) is 11.6 Å². The molecule has 0 atom stereocenters. The Balaban J connectivity index is 1.89. The van der Waals surface area contributed by atoms with Gasteiger partial charge in [-0.05, 0) is 75.2 Å². The zero-order valence-corrected chi connectivity index (χ0v) is 21.3. The van der Waals surface area contributed by atoms with E-state index < -0.39 is 11.9 Å². The highest BCUT2D eigenvalue weighted by molar-refractivity contribution is 9.11. The van der Waals surface area contributed by atoms with Crippen molar-refractivity contribution in [2.45, 2.75) is 50.9 Å². The highest BCUT2D eigenvalue weighted by Crippen LogP contribution is 2.50. The molecule has 0 aromatic heterocycles. The third-order valence-electron chi connectivity index (χ3n) is 6.34. The first kappa shape index (κ1) is 24.0. The third-order valence-corrected chi connectivity index (χ3v) is 7.51. The summed E-state index contributed by atoms with van der Waals surface area (Å²) in [6, 6.07) is 3.83. The van der Waals surface area contributed by atoms with Gasteiger partial charge in [-0.3, -0.25) is 14.4 Å². The molecule has 0 amide bonds. The molecule has 6 nitrogen and oxygen atoms in total. The average molecular weight is 579 g/mol. The molecule has 1 aromatic carbocycles. The van der Waals surface area contributed by atoms with Gasteiger partial charge in [0.05, 0.1) is 15.4 Å². The summed E-state index contributed by atoms with van der Waals surface area (Å²) in [7, 11) is 0. The predicted molar refractivity (Wildman–Crippen MR) is 131 cm³/mol. The van der Waals surface area contributed by atoms with Gasteiger partial charge < -0.3 is 14.7 Å². The lowest BCUT2D eigenvalue weighted by Gasteiger charge is -2.44. The van der Waals surface area contributed by atoms with E-state index in [-0.39, 0.29) is 24.5 Å². The van der Waals surface area contributed by atoms with E-state index in [4.69, 9.17) is 4.74 Å². The molecule has 0 fully saturated rings. The zero-order valence-electron chi connectivity index (χ0n) is 18.2. The van der Waals surface area contributed by atoms with Gasteiger partial charge in [0.25, 0.3) is 0 Å². The maximum atomic E-state index is 13.3. The van der Waals surface area contributed by atoms with Crippen molar-refractivity contribution < 1.29 is 24.2 Å². The van der Waals surface area contributed by atoms with Crippen LogP contribution in [0, 0.1) is 0 Å². The van der Waals surface area contributed by atoms with Crippen LogP contribution >= 0.6 is 31.9 Å². The molecule has 8 heteroatoms. The number of carbonyl (C=O) groups excluding carboxylic acids is 2. The second-order valence-electron chi connectivity index (χ2n) is 8.42. The molecule has 3 aliphatic rings. The molecule has 0 bridgehead atoms. The lowest BCUT2D eigenvalue weighted by atomic mass is 9.71. The van der Waals surface area contributed by atoms with E-state index in [1.165, 1.54) is 0 Å². The number of allylic oxidation sites excluding steroid dienone is 4. The molecule has 1 aliphatic heterocycles. The Morgan fingerprint density at radius 1 is 1.06 bits per heavy atom. The number of carboxylic acids is 1. The maximum Gasteiger partial charge on any atom is 0.305 e. The van der Waals surface area contributed by atoms with Gasteiger partial charge >= 0.3 is 5.97 Å². The van der Waals surface area contributed by atoms with Crippen LogP contribution in [-0.4, -0.2) is 40.7 Å². The topological polar surface area (TPSA) is 83.9 Å². The number of benzene rings is 1. The van der Waals surface area contributed by atoms with E-state index in [9.17, 15) is 19.5 Å². The first-order chi connectivity index (χ1) is 15.8. The van der Waals surface area contributed by atoms with Gasteiger partial charge in [0.2, 0.25) is 0 Å². The van der Waals surface area contributed by atoms with Crippen molar-refractivity contribution in [1.82, 2.24) is 4.90 Å². The number of nitrogens with zero attached hydrogens (tertiary/aromatic N) is 1. The minimum absolute atomic E-state index is 0.0331. The number of ether oxygens (including phenoxy) is 1. The zero-order chi connectivity index (χ0) is 23.7. The number of rotatable bonds is 7.